The molecule has 0 atom stereocenters. The van der Waals surface area contributed by atoms with E-state index in [-0.39, 0.29) is 23.5 Å². The van der Waals surface area contributed by atoms with Gasteiger partial charge in [-0.1, -0.05) is 0 Å². The topological polar surface area (TPSA) is 91.8 Å². The maximum atomic E-state index is 11.7. The minimum Gasteiger partial charge on any atom is -0.393 e. The molecule has 6 nitrogen and oxygen atoms in total. The number of sulfone groups is 1. The quantitative estimate of drug-likeness (QED) is 0.680. The van der Waals surface area contributed by atoms with Crippen molar-refractivity contribution in [1.82, 2.24) is 4.31 Å². The summed E-state index contributed by atoms with van der Waals surface area (Å²) in [5, 5.41) is 9.10. The Hall–Kier alpha value is -0.180. The number of aliphatic hydroxyl groups is 1. The summed E-state index contributed by atoms with van der Waals surface area (Å²) in [5.74, 6) is -0.548. The Labute approximate surface area is 103 Å². The van der Waals surface area contributed by atoms with E-state index >= 15 is 0 Å². The second kappa shape index (κ2) is 5.21. The highest BCUT2D eigenvalue weighted by molar-refractivity contribution is 7.93. The van der Waals surface area contributed by atoms with Crippen molar-refractivity contribution in [2.24, 2.45) is 5.92 Å². The maximum absolute atomic E-state index is 11.7. The van der Waals surface area contributed by atoms with E-state index in [0.29, 0.717) is 19.4 Å². The molecule has 1 aliphatic carbocycles. The van der Waals surface area contributed by atoms with Gasteiger partial charge in [0.2, 0.25) is 10.0 Å². The van der Waals surface area contributed by atoms with E-state index in [4.69, 9.17) is 5.11 Å². The third kappa shape index (κ3) is 4.90. The minimum absolute atomic E-state index is 0.183. The van der Waals surface area contributed by atoms with E-state index in [2.05, 4.69) is 0 Å². The first kappa shape index (κ1) is 14.9. The highest BCUT2D eigenvalue weighted by atomic mass is 32.2. The van der Waals surface area contributed by atoms with Crippen molar-refractivity contribution in [3.8, 4) is 0 Å². The minimum atomic E-state index is -3.51. The lowest BCUT2D eigenvalue weighted by atomic mass is 9.82. The van der Waals surface area contributed by atoms with Crippen LogP contribution < -0.4 is 0 Å². The Morgan fingerprint density at radius 3 is 2.12 bits per heavy atom. The van der Waals surface area contributed by atoms with E-state index < -0.39 is 19.9 Å². The molecule has 17 heavy (non-hydrogen) atoms. The van der Waals surface area contributed by atoms with Crippen LogP contribution in [0.5, 0.6) is 0 Å². The molecule has 1 fully saturated rings. The van der Waals surface area contributed by atoms with Crippen molar-refractivity contribution < 1.29 is 21.9 Å². The molecule has 0 heterocycles. The summed E-state index contributed by atoms with van der Waals surface area (Å²) in [5.41, 5.74) is 0. The smallest absolute Gasteiger partial charge is 0.214 e. The van der Waals surface area contributed by atoms with E-state index in [0.717, 1.165) is 6.26 Å². The third-order valence-corrected chi connectivity index (χ3v) is 5.94. The Kier molecular flexibility index (Phi) is 4.56. The zero-order chi connectivity index (χ0) is 13.3. The normalized spacial score (nSPS) is 25.9. The number of hydrogen-bond acceptors (Lipinski definition) is 5. The van der Waals surface area contributed by atoms with Crippen LogP contribution in [0.4, 0.5) is 0 Å². The molecule has 0 unspecified atom stereocenters. The molecule has 0 bridgehead atoms. The summed E-state index contributed by atoms with van der Waals surface area (Å²) in [4.78, 5) is 0. The van der Waals surface area contributed by atoms with E-state index in [1.54, 1.807) is 0 Å². The molecule has 0 aromatic rings. The summed E-state index contributed by atoms with van der Waals surface area (Å²) >= 11 is 0. The fourth-order valence-electron chi connectivity index (χ4n) is 1.74. The molecule has 0 spiro atoms. The number of hydrogen-bond donors (Lipinski definition) is 1. The molecular weight excluding hydrogens is 266 g/mol. The van der Waals surface area contributed by atoms with Gasteiger partial charge in [-0.15, -0.1) is 0 Å². The van der Waals surface area contributed by atoms with Gasteiger partial charge in [-0.2, -0.15) is 0 Å². The van der Waals surface area contributed by atoms with Crippen LogP contribution in [0.1, 0.15) is 12.8 Å². The van der Waals surface area contributed by atoms with Crippen LogP contribution in [-0.2, 0) is 19.9 Å². The number of rotatable bonds is 6. The van der Waals surface area contributed by atoms with Gasteiger partial charge in [0, 0.05) is 19.8 Å². The van der Waals surface area contributed by atoms with Crippen LogP contribution in [0, 0.1) is 5.92 Å². The van der Waals surface area contributed by atoms with Crippen molar-refractivity contribution in [1.29, 1.82) is 0 Å². The lowest BCUT2D eigenvalue weighted by Gasteiger charge is -2.34. The maximum Gasteiger partial charge on any atom is 0.214 e. The molecule has 102 valence electrons. The van der Waals surface area contributed by atoms with Crippen molar-refractivity contribution in [3.63, 3.8) is 0 Å². The molecule has 0 aromatic heterocycles. The van der Waals surface area contributed by atoms with Gasteiger partial charge in [0.15, 0.2) is 0 Å². The van der Waals surface area contributed by atoms with Crippen LogP contribution in [0.3, 0.4) is 0 Å². The third-order valence-electron chi connectivity index (χ3n) is 2.91. The molecule has 1 rings (SSSR count). The van der Waals surface area contributed by atoms with Crippen LogP contribution in [0.15, 0.2) is 0 Å². The van der Waals surface area contributed by atoms with Crippen LogP contribution >= 0.6 is 0 Å². The molecule has 0 amide bonds. The van der Waals surface area contributed by atoms with Gasteiger partial charge in [0.05, 0.1) is 17.6 Å². The summed E-state index contributed by atoms with van der Waals surface area (Å²) in [6, 6.07) is 0. The first-order valence-electron chi connectivity index (χ1n) is 5.40. The van der Waals surface area contributed by atoms with Gasteiger partial charge in [-0.3, -0.25) is 0 Å². The van der Waals surface area contributed by atoms with E-state index in [1.165, 1.54) is 11.4 Å². The van der Waals surface area contributed by atoms with Crippen LogP contribution in [-0.4, -0.2) is 63.7 Å². The fraction of sp³-hybridized carbons (Fsp3) is 1.00. The molecular formula is C9H19NO5S2. The highest BCUT2D eigenvalue weighted by Gasteiger charge is 2.31. The molecule has 0 aromatic carbocycles. The van der Waals surface area contributed by atoms with Crippen LogP contribution in [0.2, 0.25) is 0 Å². The van der Waals surface area contributed by atoms with Gasteiger partial charge in [0.1, 0.15) is 9.84 Å². The Morgan fingerprint density at radius 2 is 1.71 bits per heavy atom. The van der Waals surface area contributed by atoms with Crippen molar-refractivity contribution >= 4 is 19.9 Å². The fourth-order valence-corrected chi connectivity index (χ4v) is 4.54. The number of nitrogens with zero attached hydrogens (tertiary/aromatic N) is 1. The molecule has 8 heteroatoms. The van der Waals surface area contributed by atoms with Gasteiger partial charge < -0.3 is 5.11 Å². The van der Waals surface area contributed by atoms with Crippen LogP contribution in [0.25, 0.3) is 0 Å². The Morgan fingerprint density at radius 1 is 1.18 bits per heavy atom. The number of aliphatic hydroxyl groups excluding tert-OH is 1. The zero-order valence-electron chi connectivity index (χ0n) is 10.0. The summed E-state index contributed by atoms with van der Waals surface area (Å²) in [6.07, 6.45) is 1.94. The SMILES string of the molecule is CN(CC1CC(O)C1)S(=O)(=O)CCS(C)(=O)=O. The van der Waals surface area contributed by atoms with Crippen molar-refractivity contribution in [2.45, 2.75) is 18.9 Å². The van der Waals surface area contributed by atoms with E-state index in [9.17, 15) is 16.8 Å². The predicted octanol–water partition coefficient (Wildman–Crippen LogP) is -0.936. The molecule has 0 saturated heterocycles. The summed E-state index contributed by atoms with van der Waals surface area (Å²) < 4.78 is 46.5. The molecule has 1 N–H and O–H groups in total. The molecule has 0 aliphatic heterocycles. The van der Waals surface area contributed by atoms with Gasteiger partial charge in [-0.25, -0.2) is 21.1 Å². The average molecular weight is 285 g/mol. The predicted molar refractivity (Wildman–Crippen MR) is 64.9 cm³/mol. The van der Waals surface area contributed by atoms with Crippen molar-refractivity contribution in [2.75, 3.05) is 31.4 Å². The Balaban J connectivity index is 2.46. The monoisotopic (exact) mass is 285 g/mol. The Bertz CT molecular complexity index is 450. The van der Waals surface area contributed by atoms with Gasteiger partial charge in [0.25, 0.3) is 0 Å². The van der Waals surface area contributed by atoms with E-state index in [1.807, 2.05) is 0 Å². The molecule has 0 radical (unpaired) electrons. The van der Waals surface area contributed by atoms with Gasteiger partial charge in [-0.05, 0) is 18.8 Å². The number of sulfonamides is 1. The first-order valence-corrected chi connectivity index (χ1v) is 9.07. The van der Waals surface area contributed by atoms with Gasteiger partial charge >= 0.3 is 0 Å². The summed E-state index contributed by atoms with van der Waals surface area (Å²) in [7, 11) is -5.33. The summed E-state index contributed by atoms with van der Waals surface area (Å²) in [6.45, 7) is 0.350. The second-order valence-electron chi connectivity index (χ2n) is 4.72. The highest BCUT2D eigenvalue weighted by Crippen LogP contribution is 2.28. The zero-order valence-corrected chi connectivity index (χ0v) is 11.7. The molecule has 1 saturated carbocycles. The second-order valence-corrected chi connectivity index (χ2v) is 9.17. The standard InChI is InChI=1S/C9H19NO5S2/c1-10(7-8-5-9(11)6-8)17(14,15)4-3-16(2,12)13/h8-9,11H,3-7H2,1-2H3. The first-order chi connectivity index (χ1) is 7.60. The largest absolute Gasteiger partial charge is 0.393 e. The van der Waals surface area contributed by atoms with Crippen molar-refractivity contribution in [3.05, 3.63) is 0 Å². The lowest BCUT2D eigenvalue weighted by Crippen LogP contribution is -2.41. The average Bonchev–Trinajstić information content (AvgIpc) is 2.11. The lowest BCUT2D eigenvalue weighted by molar-refractivity contribution is 0.0367. The molecule has 1 aliphatic rings.